The maximum Gasteiger partial charge on any atom is 0.243 e. The predicted octanol–water partition coefficient (Wildman–Crippen LogP) is 7.08. The van der Waals surface area contributed by atoms with E-state index in [1.165, 1.54) is 11.3 Å². The fourth-order valence-corrected chi connectivity index (χ4v) is 6.83. The third-order valence-electron chi connectivity index (χ3n) is 10.6. The Morgan fingerprint density at radius 3 is 1.66 bits per heavy atom. The van der Waals surface area contributed by atoms with Gasteiger partial charge in [0.25, 0.3) is 0 Å². The van der Waals surface area contributed by atoms with Crippen molar-refractivity contribution in [3.8, 4) is 0 Å². The molecule has 0 amide bonds. The Morgan fingerprint density at radius 2 is 1.17 bits per heavy atom. The van der Waals surface area contributed by atoms with E-state index in [9.17, 15) is 0 Å². The SMILES string of the molecule is C=O.C=O.CC[n+]1ccccc1.COCCC[N+]1(C)C=CC=C1.COCCC[N+]1(C)C=Cc2ccccc21.C[n+]1ccccc1.C[n+]1ccccc1.Cc1cccc(CCOCCn2cc[n+](C)c2)n1. The van der Waals surface area contributed by atoms with Gasteiger partial charge in [0.2, 0.25) is 6.33 Å². The van der Waals surface area contributed by atoms with Crippen molar-refractivity contribution in [3.63, 3.8) is 0 Å². The number of pyridine rings is 4. The first kappa shape index (κ1) is 61.4. The summed E-state index contributed by atoms with van der Waals surface area (Å²) in [6.07, 6.45) is 34.3. The van der Waals surface area contributed by atoms with Crippen LogP contribution in [0, 0.1) is 6.92 Å². The molecule has 6 aromatic rings. The molecule has 0 spiro atoms. The number of imidazole rings is 1. The van der Waals surface area contributed by atoms with Crippen LogP contribution in [0.25, 0.3) is 6.08 Å². The molecule has 0 radical (unpaired) electrons. The van der Waals surface area contributed by atoms with Gasteiger partial charge in [0.05, 0.1) is 60.7 Å². The van der Waals surface area contributed by atoms with Gasteiger partial charge in [0.15, 0.2) is 37.2 Å². The number of benzene rings is 1. The zero-order chi connectivity index (χ0) is 51.7. The molecule has 1 unspecified atom stereocenters. The number of rotatable bonds is 15. The largest absolute Gasteiger partial charge is 0.384 e. The van der Waals surface area contributed by atoms with E-state index in [4.69, 9.17) is 23.8 Å². The van der Waals surface area contributed by atoms with Crippen molar-refractivity contribution in [2.75, 3.05) is 67.8 Å². The van der Waals surface area contributed by atoms with E-state index in [2.05, 4.69) is 109 Å². The van der Waals surface area contributed by atoms with Crippen LogP contribution in [-0.4, -0.2) is 95.4 Å². The number of allylic oxidation sites excluding steroid dienone is 2. The minimum Gasteiger partial charge on any atom is -0.384 e. The Balaban J connectivity index is 0.000000428. The normalized spacial score (nSPS) is 13.7. The molecule has 1 atom stereocenters. The summed E-state index contributed by atoms with van der Waals surface area (Å²) in [7, 11) is 14.0. The number of para-hydroxylation sites is 1. The van der Waals surface area contributed by atoms with Gasteiger partial charge in [0.1, 0.15) is 77.4 Å². The quantitative estimate of drug-likeness (QED) is 0.0621. The minimum atomic E-state index is 0.726. The van der Waals surface area contributed by atoms with Crippen molar-refractivity contribution >= 4 is 25.3 Å². The second-order valence-electron chi connectivity index (χ2n) is 16.5. The highest BCUT2D eigenvalue weighted by atomic mass is 16.5. The van der Waals surface area contributed by atoms with Crippen LogP contribution < -0.4 is 22.8 Å². The van der Waals surface area contributed by atoms with E-state index in [0.29, 0.717) is 0 Å². The molecule has 7 heterocycles. The van der Waals surface area contributed by atoms with E-state index < -0.39 is 0 Å². The molecule has 13 nitrogen and oxygen atoms in total. The van der Waals surface area contributed by atoms with Crippen molar-refractivity contribution in [3.05, 3.63) is 201 Å². The third-order valence-corrected chi connectivity index (χ3v) is 10.6. The van der Waals surface area contributed by atoms with Crippen molar-refractivity contribution in [1.82, 2.24) is 14.0 Å². The average Bonchev–Trinajstić information content (AvgIpc) is 4.12. The molecule has 2 aliphatic heterocycles. The summed E-state index contributed by atoms with van der Waals surface area (Å²) < 4.78 is 27.8. The Kier molecular flexibility index (Phi) is 33.6. The first-order valence-electron chi connectivity index (χ1n) is 23.7. The highest BCUT2D eigenvalue weighted by molar-refractivity contribution is 5.72. The van der Waals surface area contributed by atoms with Gasteiger partial charge in [-0.3, -0.25) is 14.0 Å². The average molecular weight is 961 g/mol. The van der Waals surface area contributed by atoms with E-state index in [-0.39, 0.29) is 0 Å². The van der Waals surface area contributed by atoms with Gasteiger partial charge in [-0.25, -0.2) is 22.8 Å². The number of hydrogen-bond donors (Lipinski definition) is 0. The maximum absolute atomic E-state index is 8.00. The summed E-state index contributed by atoms with van der Waals surface area (Å²) in [5.41, 5.74) is 4.90. The molecular weight excluding hydrogens is 877 g/mol. The lowest BCUT2D eigenvalue weighted by molar-refractivity contribution is -0.804. The van der Waals surface area contributed by atoms with Crippen molar-refractivity contribution in [2.24, 2.45) is 21.1 Å². The molecule has 376 valence electrons. The topological polar surface area (TPSA) is 95.2 Å². The monoisotopic (exact) mass is 961 g/mol. The number of ether oxygens (including phenoxy) is 3. The Morgan fingerprint density at radius 1 is 0.614 bits per heavy atom. The Bertz CT molecular complexity index is 2240. The molecule has 70 heavy (non-hydrogen) atoms. The first-order chi connectivity index (χ1) is 34.0. The van der Waals surface area contributed by atoms with Crippen molar-refractivity contribution in [2.45, 2.75) is 46.2 Å². The van der Waals surface area contributed by atoms with Gasteiger partial charge >= 0.3 is 0 Å². The molecule has 0 aliphatic carbocycles. The number of aromatic nitrogens is 6. The number of carbonyl (C=O) groups excluding carboxylic acids is 2. The van der Waals surface area contributed by atoms with Crippen LogP contribution in [0.2, 0.25) is 0 Å². The van der Waals surface area contributed by atoms with E-state index >= 15 is 0 Å². The molecule has 0 saturated carbocycles. The fraction of sp³-hybridized carbons (Fsp3) is 0.351. The zero-order valence-electron chi connectivity index (χ0n) is 43.7. The maximum atomic E-state index is 8.00. The smallest absolute Gasteiger partial charge is 0.243 e. The van der Waals surface area contributed by atoms with E-state index in [1.807, 2.05) is 172 Å². The fourth-order valence-electron chi connectivity index (χ4n) is 6.83. The molecule has 8 rings (SSSR count). The summed E-state index contributed by atoms with van der Waals surface area (Å²) in [6.45, 7) is 15.5. The standard InChI is InChI=1S/C14H20N3O.C13H18NO.C9H16NO.C7H10N.2C6H8N.2CH2O/c1-13-4-3-5-14(15-13)6-10-18-11-9-17-8-7-16(2)12-17;1-14(9-5-11-15-2)10-8-12-6-3-4-7-13(12)14;1-10(6-3-4-7-10)8-5-9-11-2;1-2-8-6-4-3-5-7-8;2*1-7-5-3-2-4-6-7;2*1-2/h3-5,7-8,12H,6,9-11H2,1-2H3;3-4,6-8,10H,5,9,11H2,1-2H3;3-4,6-7H,5,8-9H2,1-2H3;3-7H,2H2,1H3;2*2-6H,1H3;2*1H2/q6*+1;;. The number of quaternary nitrogens is 2. The van der Waals surface area contributed by atoms with Crippen molar-refractivity contribution < 1.29 is 46.6 Å². The van der Waals surface area contributed by atoms with Crippen LogP contribution in [-0.2, 0) is 64.5 Å². The number of fused-ring (bicyclic) bond motifs is 1. The Labute approximate surface area is 420 Å². The number of hydrogen-bond acceptors (Lipinski definition) is 6. The van der Waals surface area contributed by atoms with Crippen LogP contribution >= 0.6 is 0 Å². The van der Waals surface area contributed by atoms with Crippen molar-refractivity contribution in [1.29, 1.82) is 0 Å². The highest BCUT2D eigenvalue weighted by Crippen LogP contribution is 2.33. The molecule has 5 aromatic heterocycles. The molecule has 0 saturated heterocycles. The van der Waals surface area contributed by atoms with Crippen LogP contribution in [0.1, 0.15) is 36.7 Å². The second kappa shape index (κ2) is 38.3. The summed E-state index contributed by atoms with van der Waals surface area (Å²) in [5.74, 6) is 0. The number of aryl methyl sites for hydroxylation is 5. The summed E-state index contributed by atoms with van der Waals surface area (Å²) in [4.78, 5) is 20.4. The predicted molar refractivity (Wildman–Crippen MR) is 281 cm³/mol. The third kappa shape index (κ3) is 27.4. The lowest BCUT2D eigenvalue weighted by Gasteiger charge is -2.27. The second-order valence-corrected chi connectivity index (χ2v) is 16.5. The number of methoxy groups -OCH3 is 2. The lowest BCUT2D eigenvalue weighted by Crippen LogP contribution is -2.38. The van der Waals surface area contributed by atoms with Gasteiger partial charge in [-0.05, 0) is 44.2 Å². The van der Waals surface area contributed by atoms with E-state index in [1.54, 1.807) is 14.2 Å². The van der Waals surface area contributed by atoms with Gasteiger partial charge in [0, 0.05) is 99.0 Å². The van der Waals surface area contributed by atoms with Gasteiger partial charge < -0.3 is 23.8 Å². The van der Waals surface area contributed by atoms with Crippen LogP contribution in [0.5, 0.6) is 0 Å². The molecular formula is C57H84N8O5+6. The molecule has 1 aromatic carbocycles. The van der Waals surface area contributed by atoms with Crippen LogP contribution in [0.15, 0.2) is 184 Å². The van der Waals surface area contributed by atoms with Gasteiger partial charge in [-0.2, -0.15) is 0 Å². The number of carbonyl (C=O) groups is 2. The molecule has 0 fully saturated rings. The van der Waals surface area contributed by atoms with E-state index in [0.717, 1.165) is 92.2 Å². The molecule has 13 heteroatoms. The molecule has 0 bridgehead atoms. The van der Waals surface area contributed by atoms with Crippen LogP contribution in [0.3, 0.4) is 0 Å². The lowest BCUT2D eigenvalue weighted by atomic mass is 10.2. The highest BCUT2D eigenvalue weighted by Gasteiger charge is 2.28. The summed E-state index contributed by atoms with van der Waals surface area (Å²) >= 11 is 0. The summed E-state index contributed by atoms with van der Waals surface area (Å²) in [5, 5.41) is 0. The van der Waals surface area contributed by atoms with Gasteiger partial charge in [-0.15, -0.1) is 0 Å². The van der Waals surface area contributed by atoms with Crippen LogP contribution in [0.4, 0.5) is 5.69 Å². The summed E-state index contributed by atoms with van der Waals surface area (Å²) in [6, 6.07) is 32.8. The zero-order valence-corrected chi connectivity index (χ0v) is 43.7. The molecule has 2 aliphatic rings. The first-order valence-corrected chi connectivity index (χ1v) is 23.7. The molecule has 0 N–H and O–H groups in total. The Hall–Kier alpha value is -6.61. The minimum absolute atomic E-state index is 0.726. The number of nitrogens with zero attached hydrogens (tertiary/aromatic N) is 8. The van der Waals surface area contributed by atoms with Gasteiger partial charge in [-0.1, -0.05) is 36.4 Å².